The highest BCUT2D eigenvalue weighted by molar-refractivity contribution is 7.89. The summed E-state index contributed by atoms with van der Waals surface area (Å²) in [7, 11) is -3.52. The summed E-state index contributed by atoms with van der Waals surface area (Å²) in [6.45, 7) is 2.18. The summed E-state index contributed by atoms with van der Waals surface area (Å²) >= 11 is 0. The van der Waals surface area contributed by atoms with E-state index in [2.05, 4.69) is 15.4 Å². The predicted octanol–water partition coefficient (Wildman–Crippen LogP) is 2.36. The highest BCUT2D eigenvalue weighted by Crippen LogP contribution is 2.31. The maximum Gasteiger partial charge on any atom is 0.322 e. The summed E-state index contributed by atoms with van der Waals surface area (Å²) in [5.41, 5.74) is 0.633. The Morgan fingerprint density at radius 3 is 2.67 bits per heavy atom. The van der Waals surface area contributed by atoms with Gasteiger partial charge in [-0.3, -0.25) is 10.1 Å². The molecule has 0 aromatic heterocycles. The normalized spacial score (nSPS) is 20.0. The molecule has 1 aromatic carbocycles. The van der Waals surface area contributed by atoms with Gasteiger partial charge in [-0.15, -0.1) is 0 Å². The third kappa shape index (κ3) is 6.66. The average molecular weight is 442 g/mol. The van der Waals surface area contributed by atoms with E-state index < -0.39 is 34.0 Å². The Hall–Kier alpha value is -2.20. The first kappa shape index (κ1) is 22.5. The van der Waals surface area contributed by atoms with Crippen molar-refractivity contribution in [2.24, 2.45) is 5.92 Å². The fourth-order valence-corrected chi connectivity index (χ4v) is 4.64. The molecule has 3 N–H and O–H groups in total. The van der Waals surface area contributed by atoms with Gasteiger partial charge < -0.3 is 10.1 Å². The van der Waals surface area contributed by atoms with Crippen LogP contribution in [0.5, 0.6) is 5.75 Å². The summed E-state index contributed by atoms with van der Waals surface area (Å²) in [5.74, 6) is -0.214. The topological polar surface area (TPSA) is 114 Å². The number of ether oxygens (including phenoxy) is 1. The molecule has 8 nitrogen and oxygen atoms in total. The van der Waals surface area contributed by atoms with E-state index in [0.717, 1.165) is 12.8 Å². The number of rotatable bonds is 12. The van der Waals surface area contributed by atoms with Gasteiger partial charge >= 0.3 is 6.03 Å². The Morgan fingerprint density at radius 1 is 1.23 bits per heavy atom. The van der Waals surface area contributed by atoms with Gasteiger partial charge in [0.2, 0.25) is 10.0 Å². The zero-order valence-electron chi connectivity index (χ0n) is 16.9. The SMILES string of the molecule is C[C@@H](NS(=O)(=O)CCCCCC1NC(=O)NC1=O)c1ccc(F)c(OCC2CC2)c1. The van der Waals surface area contributed by atoms with Crippen LogP contribution in [0.25, 0.3) is 0 Å². The third-order valence-corrected chi connectivity index (χ3v) is 6.79. The Labute approximate surface area is 176 Å². The zero-order valence-corrected chi connectivity index (χ0v) is 17.8. The first-order valence-electron chi connectivity index (χ1n) is 10.3. The molecule has 2 aliphatic rings. The molecule has 166 valence electrons. The molecule has 1 aliphatic carbocycles. The summed E-state index contributed by atoms with van der Waals surface area (Å²) < 4.78 is 46.8. The molecule has 1 saturated carbocycles. The van der Waals surface area contributed by atoms with Crippen molar-refractivity contribution in [3.8, 4) is 5.75 Å². The van der Waals surface area contributed by atoms with Gasteiger partial charge in [-0.05, 0) is 56.2 Å². The number of carbonyl (C=O) groups excluding carboxylic acids is 2. The van der Waals surface area contributed by atoms with E-state index in [9.17, 15) is 22.4 Å². The number of sulfonamides is 1. The fourth-order valence-electron chi connectivity index (χ4n) is 3.27. The minimum atomic E-state index is -3.52. The number of benzene rings is 1. The molecular formula is C20H28FN3O5S. The van der Waals surface area contributed by atoms with Crippen molar-refractivity contribution in [1.82, 2.24) is 15.4 Å². The van der Waals surface area contributed by atoms with Crippen LogP contribution in [0.3, 0.4) is 0 Å². The first-order valence-corrected chi connectivity index (χ1v) is 11.9. The quantitative estimate of drug-likeness (QED) is 0.340. The zero-order chi connectivity index (χ0) is 21.7. The lowest BCUT2D eigenvalue weighted by Crippen LogP contribution is -2.29. The molecule has 1 heterocycles. The molecule has 2 atom stereocenters. The molecule has 1 saturated heterocycles. The van der Waals surface area contributed by atoms with Crippen LogP contribution in [-0.2, 0) is 14.8 Å². The number of unbranched alkanes of at least 4 members (excludes halogenated alkanes) is 2. The molecule has 0 spiro atoms. The smallest absolute Gasteiger partial charge is 0.322 e. The number of hydrogen-bond acceptors (Lipinski definition) is 5. The lowest BCUT2D eigenvalue weighted by molar-refractivity contribution is -0.120. The summed E-state index contributed by atoms with van der Waals surface area (Å²) in [6.07, 6.45) is 4.35. The molecule has 3 rings (SSSR count). The molecular weight excluding hydrogens is 413 g/mol. The Kier molecular flexibility index (Phi) is 7.30. The van der Waals surface area contributed by atoms with Crippen molar-refractivity contribution >= 4 is 22.0 Å². The molecule has 30 heavy (non-hydrogen) atoms. The van der Waals surface area contributed by atoms with Crippen LogP contribution >= 0.6 is 0 Å². The second-order valence-electron chi connectivity index (χ2n) is 7.97. The number of carbonyl (C=O) groups is 2. The second-order valence-corrected chi connectivity index (χ2v) is 9.84. The van der Waals surface area contributed by atoms with E-state index in [0.29, 0.717) is 43.8 Å². The number of amides is 3. The lowest BCUT2D eigenvalue weighted by Gasteiger charge is -2.16. The Bertz CT molecular complexity index is 888. The van der Waals surface area contributed by atoms with Crippen LogP contribution in [0.1, 0.15) is 57.1 Å². The van der Waals surface area contributed by atoms with E-state index in [4.69, 9.17) is 4.74 Å². The minimum Gasteiger partial charge on any atom is -0.490 e. The van der Waals surface area contributed by atoms with Crippen molar-refractivity contribution in [1.29, 1.82) is 0 Å². The molecule has 0 bridgehead atoms. The molecule has 3 amide bonds. The number of urea groups is 1. The second kappa shape index (κ2) is 9.74. The summed E-state index contributed by atoms with van der Waals surface area (Å²) in [6, 6.07) is 2.84. The molecule has 0 radical (unpaired) electrons. The van der Waals surface area contributed by atoms with Crippen LogP contribution < -0.4 is 20.1 Å². The van der Waals surface area contributed by atoms with Gasteiger partial charge in [0.25, 0.3) is 5.91 Å². The van der Waals surface area contributed by atoms with Gasteiger partial charge in [-0.25, -0.2) is 22.3 Å². The number of hydrogen-bond donors (Lipinski definition) is 3. The summed E-state index contributed by atoms with van der Waals surface area (Å²) in [5, 5.41) is 4.68. The average Bonchev–Trinajstić information content (AvgIpc) is 3.44. The number of nitrogens with one attached hydrogen (secondary N) is 3. The van der Waals surface area contributed by atoms with Gasteiger partial charge in [0.15, 0.2) is 11.6 Å². The fraction of sp³-hybridized carbons (Fsp3) is 0.600. The lowest BCUT2D eigenvalue weighted by atomic mass is 10.1. The molecule has 1 aromatic rings. The van der Waals surface area contributed by atoms with Crippen molar-refractivity contribution in [2.75, 3.05) is 12.4 Å². The van der Waals surface area contributed by atoms with E-state index in [1.807, 2.05) is 0 Å². The van der Waals surface area contributed by atoms with Crippen molar-refractivity contribution in [2.45, 2.75) is 57.5 Å². The Morgan fingerprint density at radius 2 is 2.00 bits per heavy atom. The highest BCUT2D eigenvalue weighted by atomic mass is 32.2. The van der Waals surface area contributed by atoms with Gasteiger partial charge in [0.05, 0.1) is 12.4 Å². The van der Waals surface area contributed by atoms with E-state index >= 15 is 0 Å². The Balaban J connectivity index is 1.42. The minimum absolute atomic E-state index is 0.0488. The van der Waals surface area contributed by atoms with Crippen LogP contribution in [0.15, 0.2) is 18.2 Å². The van der Waals surface area contributed by atoms with Gasteiger partial charge in [-0.1, -0.05) is 18.9 Å². The molecule has 1 aliphatic heterocycles. The molecule has 10 heteroatoms. The van der Waals surface area contributed by atoms with Crippen molar-refractivity contribution in [3.63, 3.8) is 0 Å². The third-order valence-electron chi connectivity index (χ3n) is 5.25. The maximum atomic E-state index is 13.9. The van der Waals surface area contributed by atoms with Crippen LogP contribution in [-0.4, -0.2) is 38.8 Å². The van der Waals surface area contributed by atoms with Crippen LogP contribution in [0.2, 0.25) is 0 Å². The van der Waals surface area contributed by atoms with Gasteiger partial charge in [-0.2, -0.15) is 0 Å². The van der Waals surface area contributed by atoms with Gasteiger partial charge in [0.1, 0.15) is 6.04 Å². The van der Waals surface area contributed by atoms with E-state index in [-0.39, 0.29) is 17.4 Å². The first-order chi connectivity index (χ1) is 14.2. The van der Waals surface area contributed by atoms with E-state index in [1.54, 1.807) is 19.1 Å². The maximum absolute atomic E-state index is 13.9. The monoisotopic (exact) mass is 441 g/mol. The predicted molar refractivity (Wildman–Crippen MR) is 109 cm³/mol. The highest BCUT2D eigenvalue weighted by Gasteiger charge is 2.28. The van der Waals surface area contributed by atoms with Crippen molar-refractivity contribution < 1.29 is 27.1 Å². The number of imide groups is 1. The standard InChI is InChI=1S/C20H28FN3O5S/c1-13(15-8-9-16(21)18(11-15)29-12-14-6-7-14)24-30(27,28)10-4-2-3-5-17-19(25)23-20(26)22-17/h8-9,11,13-14,17,24H,2-7,10,12H2,1H3,(H2,22,23,25,26)/t13-,17?/m1/s1. The summed E-state index contributed by atoms with van der Waals surface area (Å²) in [4.78, 5) is 22.5. The van der Waals surface area contributed by atoms with Crippen molar-refractivity contribution in [3.05, 3.63) is 29.6 Å². The van der Waals surface area contributed by atoms with Gasteiger partial charge in [0, 0.05) is 6.04 Å². The van der Waals surface area contributed by atoms with Crippen LogP contribution in [0.4, 0.5) is 9.18 Å². The van der Waals surface area contributed by atoms with Crippen LogP contribution in [0, 0.1) is 11.7 Å². The molecule has 1 unspecified atom stereocenters. The molecule has 2 fully saturated rings. The largest absolute Gasteiger partial charge is 0.490 e. The number of halogens is 1. The van der Waals surface area contributed by atoms with E-state index in [1.165, 1.54) is 6.07 Å².